The first-order chi connectivity index (χ1) is 4.88. The highest BCUT2D eigenvalue weighted by Gasteiger charge is 1.91. The quantitative estimate of drug-likeness (QED) is 0.612. The lowest BCUT2D eigenvalue weighted by Crippen LogP contribution is -1.85. The van der Waals surface area contributed by atoms with Crippen molar-refractivity contribution in [3.63, 3.8) is 0 Å². The van der Waals surface area contributed by atoms with Gasteiger partial charge in [0.15, 0.2) is 0 Å². The molecular formula is C8H8N2. The van der Waals surface area contributed by atoms with E-state index < -0.39 is 0 Å². The van der Waals surface area contributed by atoms with Gasteiger partial charge in [-0.2, -0.15) is 10.2 Å². The molecule has 0 aliphatic carbocycles. The molecule has 0 saturated heterocycles. The van der Waals surface area contributed by atoms with Crippen LogP contribution in [0.4, 0.5) is 0 Å². The van der Waals surface area contributed by atoms with Crippen molar-refractivity contribution in [2.24, 2.45) is 0 Å². The minimum Gasteiger partial charge on any atom is -0.158 e. The van der Waals surface area contributed by atoms with Gasteiger partial charge in [0.05, 0.1) is 12.4 Å². The molecule has 1 rings (SSSR count). The first-order valence-electron chi connectivity index (χ1n) is 2.94. The first-order valence-corrected chi connectivity index (χ1v) is 2.94. The Morgan fingerprint density at radius 2 is 1.40 bits per heavy atom. The van der Waals surface area contributed by atoms with Gasteiger partial charge in [0, 0.05) is 11.1 Å². The lowest BCUT2D eigenvalue weighted by atomic mass is 10.2. The summed E-state index contributed by atoms with van der Waals surface area (Å²) in [6.07, 6.45) is 6.77. The van der Waals surface area contributed by atoms with Gasteiger partial charge in [0.25, 0.3) is 0 Å². The minimum atomic E-state index is 0.963. The van der Waals surface area contributed by atoms with E-state index in [-0.39, 0.29) is 0 Å². The van der Waals surface area contributed by atoms with E-state index in [0.717, 1.165) is 11.1 Å². The van der Waals surface area contributed by atoms with Gasteiger partial charge in [0.1, 0.15) is 0 Å². The SMILES string of the molecule is C=Cc1cnncc1C=C. The fourth-order valence-electron chi connectivity index (χ4n) is 0.681. The summed E-state index contributed by atoms with van der Waals surface area (Å²) in [6, 6.07) is 0. The van der Waals surface area contributed by atoms with Crippen LogP contribution in [0.15, 0.2) is 25.6 Å². The van der Waals surface area contributed by atoms with Gasteiger partial charge in [-0.1, -0.05) is 25.3 Å². The van der Waals surface area contributed by atoms with Crippen LogP contribution >= 0.6 is 0 Å². The van der Waals surface area contributed by atoms with Crippen LogP contribution in [-0.4, -0.2) is 10.2 Å². The standard InChI is InChI=1S/C8H8N2/c1-3-7-5-9-10-6-8(7)4-2/h3-6H,1-2H2. The monoisotopic (exact) mass is 132 g/mol. The molecule has 0 saturated carbocycles. The molecule has 0 aromatic carbocycles. The summed E-state index contributed by atoms with van der Waals surface area (Å²) in [4.78, 5) is 0. The van der Waals surface area contributed by atoms with Gasteiger partial charge < -0.3 is 0 Å². The highest BCUT2D eigenvalue weighted by Crippen LogP contribution is 2.06. The summed E-state index contributed by atoms with van der Waals surface area (Å²) < 4.78 is 0. The summed E-state index contributed by atoms with van der Waals surface area (Å²) in [5, 5.41) is 7.39. The van der Waals surface area contributed by atoms with Crippen molar-refractivity contribution < 1.29 is 0 Å². The maximum absolute atomic E-state index is 3.70. The van der Waals surface area contributed by atoms with Crippen LogP contribution in [0.1, 0.15) is 11.1 Å². The van der Waals surface area contributed by atoms with Crippen LogP contribution in [0.25, 0.3) is 12.2 Å². The van der Waals surface area contributed by atoms with Crippen LogP contribution in [-0.2, 0) is 0 Å². The topological polar surface area (TPSA) is 25.8 Å². The second-order valence-electron chi connectivity index (χ2n) is 1.81. The minimum absolute atomic E-state index is 0.963. The molecule has 0 aliphatic heterocycles. The Kier molecular flexibility index (Phi) is 1.95. The predicted octanol–water partition coefficient (Wildman–Crippen LogP) is 1.76. The van der Waals surface area contributed by atoms with Crippen LogP contribution < -0.4 is 0 Å². The van der Waals surface area contributed by atoms with Crippen molar-refractivity contribution in [1.82, 2.24) is 10.2 Å². The van der Waals surface area contributed by atoms with Crippen LogP contribution in [0, 0.1) is 0 Å². The summed E-state index contributed by atoms with van der Waals surface area (Å²) in [6.45, 7) is 7.25. The maximum atomic E-state index is 3.70. The van der Waals surface area contributed by atoms with E-state index in [1.54, 1.807) is 24.5 Å². The molecule has 2 heteroatoms. The van der Waals surface area contributed by atoms with E-state index in [2.05, 4.69) is 23.4 Å². The van der Waals surface area contributed by atoms with Crippen LogP contribution in [0.2, 0.25) is 0 Å². The van der Waals surface area contributed by atoms with Crippen molar-refractivity contribution in [2.75, 3.05) is 0 Å². The van der Waals surface area contributed by atoms with Crippen molar-refractivity contribution in [3.8, 4) is 0 Å². The lowest BCUT2D eigenvalue weighted by Gasteiger charge is -1.94. The number of nitrogens with zero attached hydrogens (tertiary/aromatic N) is 2. The number of rotatable bonds is 2. The second-order valence-corrected chi connectivity index (χ2v) is 1.81. The van der Waals surface area contributed by atoms with E-state index in [0.29, 0.717) is 0 Å². The van der Waals surface area contributed by atoms with E-state index in [1.165, 1.54) is 0 Å². The summed E-state index contributed by atoms with van der Waals surface area (Å²) >= 11 is 0. The van der Waals surface area contributed by atoms with E-state index >= 15 is 0 Å². The van der Waals surface area contributed by atoms with Crippen molar-refractivity contribution in [1.29, 1.82) is 0 Å². The molecule has 0 amide bonds. The first kappa shape index (κ1) is 6.68. The third-order valence-electron chi connectivity index (χ3n) is 1.23. The predicted molar refractivity (Wildman–Crippen MR) is 42.2 cm³/mol. The summed E-state index contributed by atoms with van der Waals surface area (Å²) in [5.74, 6) is 0. The Hall–Kier alpha value is -1.44. The molecule has 2 nitrogen and oxygen atoms in total. The van der Waals surface area contributed by atoms with Gasteiger partial charge >= 0.3 is 0 Å². The normalized spacial score (nSPS) is 8.80. The molecule has 0 radical (unpaired) electrons. The third kappa shape index (κ3) is 1.10. The molecule has 1 aromatic heterocycles. The molecule has 0 bridgehead atoms. The van der Waals surface area contributed by atoms with E-state index in [9.17, 15) is 0 Å². The molecule has 50 valence electrons. The zero-order chi connectivity index (χ0) is 7.40. The smallest absolute Gasteiger partial charge is 0.0574 e. The van der Waals surface area contributed by atoms with Crippen LogP contribution in [0.5, 0.6) is 0 Å². The molecule has 1 heterocycles. The average Bonchev–Trinajstić information content (AvgIpc) is 2.04. The fraction of sp³-hybridized carbons (Fsp3) is 0. The highest BCUT2D eigenvalue weighted by molar-refractivity contribution is 5.61. The number of aromatic nitrogens is 2. The van der Waals surface area contributed by atoms with Gasteiger partial charge in [0.2, 0.25) is 0 Å². The molecular weight excluding hydrogens is 124 g/mol. The molecule has 0 aliphatic rings. The van der Waals surface area contributed by atoms with E-state index in [1.807, 2.05) is 0 Å². The third-order valence-corrected chi connectivity index (χ3v) is 1.23. The maximum Gasteiger partial charge on any atom is 0.0574 e. The van der Waals surface area contributed by atoms with Gasteiger partial charge in [-0.3, -0.25) is 0 Å². The number of hydrogen-bond acceptors (Lipinski definition) is 2. The molecule has 0 spiro atoms. The van der Waals surface area contributed by atoms with Crippen molar-refractivity contribution >= 4 is 12.2 Å². The van der Waals surface area contributed by atoms with Gasteiger partial charge in [-0.05, 0) is 0 Å². The average molecular weight is 132 g/mol. The summed E-state index contributed by atoms with van der Waals surface area (Å²) in [7, 11) is 0. The number of hydrogen-bond donors (Lipinski definition) is 0. The lowest BCUT2D eigenvalue weighted by molar-refractivity contribution is 1.02. The molecule has 10 heavy (non-hydrogen) atoms. The molecule has 0 unspecified atom stereocenters. The Balaban J connectivity index is 3.20. The van der Waals surface area contributed by atoms with Crippen molar-refractivity contribution in [3.05, 3.63) is 36.7 Å². The molecule has 0 atom stereocenters. The molecule has 0 fully saturated rings. The molecule has 0 N–H and O–H groups in total. The zero-order valence-electron chi connectivity index (χ0n) is 5.62. The van der Waals surface area contributed by atoms with Gasteiger partial charge in [-0.25, -0.2) is 0 Å². The fourth-order valence-corrected chi connectivity index (χ4v) is 0.681. The largest absolute Gasteiger partial charge is 0.158 e. The second kappa shape index (κ2) is 2.92. The van der Waals surface area contributed by atoms with Gasteiger partial charge in [-0.15, -0.1) is 0 Å². The highest BCUT2D eigenvalue weighted by atomic mass is 15.1. The summed E-state index contributed by atoms with van der Waals surface area (Å²) in [5.41, 5.74) is 1.93. The van der Waals surface area contributed by atoms with Crippen LogP contribution in [0.3, 0.4) is 0 Å². The molecule has 1 aromatic rings. The van der Waals surface area contributed by atoms with E-state index in [4.69, 9.17) is 0 Å². The zero-order valence-corrected chi connectivity index (χ0v) is 5.62. The Morgan fingerprint density at radius 1 is 1.00 bits per heavy atom. The Labute approximate surface area is 59.9 Å². The van der Waals surface area contributed by atoms with Crippen molar-refractivity contribution in [2.45, 2.75) is 0 Å². The Bertz CT molecular complexity index is 226. The Morgan fingerprint density at radius 3 is 1.70 bits per heavy atom.